The molecule has 2 rings (SSSR count). The molecule has 0 amide bonds. The molecule has 1 aromatic carbocycles. The highest BCUT2D eigenvalue weighted by Crippen LogP contribution is 2.49. The number of halogens is 2. The summed E-state index contributed by atoms with van der Waals surface area (Å²) in [6.45, 7) is 1.33. The highest BCUT2D eigenvalue weighted by atomic mass is 19.3. The minimum Gasteiger partial charge on any atom is -0.493 e. The van der Waals surface area contributed by atoms with Gasteiger partial charge >= 0.3 is 6.61 Å². The van der Waals surface area contributed by atoms with Crippen molar-refractivity contribution >= 4 is 6.79 Å². The van der Waals surface area contributed by atoms with E-state index in [1.807, 2.05) is 12.9 Å². The SMILES string of the molecule is C=O.COc1cc(C2(C)CC2)ccc1OC(F)F. The van der Waals surface area contributed by atoms with E-state index >= 15 is 0 Å². The van der Waals surface area contributed by atoms with Crippen LogP contribution in [0, 0.1) is 0 Å². The van der Waals surface area contributed by atoms with Gasteiger partial charge in [0.1, 0.15) is 6.79 Å². The van der Waals surface area contributed by atoms with Crippen molar-refractivity contribution in [3.05, 3.63) is 23.8 Å². The minimum absolute atomic E-state index is 0.0884. The van der Waals surface area contributed by atoms with Crippen molar-refractivity contribution < 1.29 is 23.0 Å². The monoisotopic (exact) mass is 258 g/mol. The van der Waals surface area contributed by atoms with Gasteiger partial charge in [0.05, 0.1) is 7.11 Å². The van der Waals surface area contributed by atoms with Gasteiger partial charge in [-0.2, -0.15) is 8.78 Å². The predicted octanol–water partition coefficient (Wildman–Crippen LogP) is 3.16. The molecule has 0 unspecified atom stereocenters. The lowest BCUT2D eigenvalue weighted by molar-refractivity contribution is -0.0980. The van der Waals surface area contributed by atoms with Crippen molar-refractivity contribution in [2.24, 2.45) is 0 Å². The number of methoxy groups -OCH3 is 1. The Morgan fingerprint density at radius 1 is 1.28 bits per heavy atom. The maximum absolute atomic E-state index is 12.1. The molecule has 3 nitrogen and oxygen atoms in total. The van der Waals surface area contributed by atoms with Gasteiger partial charge in [0.25, 0.3) is 0 Å². The first-order chi connectivity index (χ1) is 8.55. The van der Waals surface area contributed by atoms with Crippen molar-refractivity contribution in [3.63, 3.8) is 0 Å². The summed E-state index contributed by atoms with van der Waals surface area (Å²) in [5, 5.41) is 0. The molecule has 0 atom stereocenters. The van der Waals surface area contributed by atoms with Crippen LogP contribution in [0.4, 0.5) is 8.78 Å². The molecule has 1 aromatic rings. The second kappa shape index (κ2) is 5.80. The number of benzene rings is 1. The molecule has 0 spiro atoms. The second-order valence-electron chi connectivity index (χ2n) is 4.30. The molecular formula is C13H16F2O3. The summed E-state index contributed by atoms with van der Waals surface area (Å²) in [6, 6.07) is 5.15. The molecule has 100 valence electrons. The van der Waals surface area contributed by atoms with Gasteiger partial charge in [-0.25, -0.2) is 0 Å². The summed E-state index contributed by atoms with van der Waals surface area (Å²) >= 11 is 0. The molecule has 1 aliphatic rings. The summed E-state index contributed by atoms with van der Waals surface area (Å²) < 4.78 is 33.6. The number of alkyl halides is 2. The van der Waals surface area contributed by atoms with Crippen LogP contribution in [-0.2, 0) is 10.2 Å². The lowest BCUT2D eigenvalue weighted by Crippen LogP contribution is -2.05. The van der Waals surface area contributed by atoms with E-state index in [1.54, 1.807) is 12.1 Å². The maximum Gasteiger partial charge on any atom is 0.387 e. The zero-order valence-electron chi connectivity index (χ0n) is 10.4. The van der Waals surface area contributed by atoms with Crippen molar-refractivity contribution in [2.75, 3.05) is 7.11 Å². The Kier molecular flexibility index (Phi) is 4.64. The van der Waals surface area contributed by atoms with Crippen molar-refractivity contribution in [1.82, 2.24) is 0 Å². The zero-order valence-corrected chi connectivity index (χ0v) is 10.4. The van der Waals surface area contributed by atoms with Crippen LogP contribution in [0.15, 0.2) is 18.2 Å². The molecule has 0 aliphatic heterocycles. The van der Waals surface area contributed by atoms with Crippen LogP contribution in [-0.4, -0.2) is 20.5 Å². The molecule has 0 bridgehead atoms. The van der Waals surface area contributed by atoms with Crippen LogP contribution in [0.2, 0.25) is 0 Å². The van der Waals surface area contributed by atoms with Crippen LogP contribution >= 0.6 is 0 Å². The van der Waals surface area contributed by atoms with Crippen LogP contribution < -0.4 is 9.47 Å². The highest BCUT2D eigenvalue weighted by molar-refractivity contribution is 5.46. The van der Waals surface area contributed by atoms with Gasteiger partial charge in [0.2, 0.25) is 0 Å². The normalized spacial score (nSPS) is 15.6. The van der Waals surface area contributed by atoms with Crippen LogP contribution in [0.25, 0.3) is 0 Å². The van der Waals surface area contributed by atoms with E-state index in [1.165, 1.54) is 7.11 Å². The molecule has 0 N–H and O–H groups in total. The van der Waals surface area contributed by atoms with E-state index < -0.39 is 6.61 Å². The summed E-state index contributed by atoms with van der Waals surface area (Å²) in [4.78, 5) is 8.00. The Balaban J connectivity index is 0.000000771. The van der Waals surface area contributed by atoms with Crippen LogP contribution in [0.5, 0.6) is 11.5 Å². The van der Waals surface area contributed by atoms with E-state index in [-0.39, 0.29) is 11.2 Å². The largest absolute Gasteiger partial charge is 0.493 e. The molecule has 1 saturated carbocycles. The fourth-order valence-electron chi connectivity index (χ4n) is 1.71. The number of carbonyl (C=O) groups excluding carboxylic acids is 1. The van der Waals surface area contributed by atoms with Crippen molar-refractivity contribution in [1.29, 1.82) is 0 Å². The van der Waals surface area contributed by atoms with Gasteiger partial charge in [-0.15, -0.1) is 0 Å². The first kappa shape index (κ1) is 14.4. The lowest BCUT2D eigenvalue weighted by Gasteiger charge is -2.14. The average Bonchev–Trinajstić information content (AvgIpc) is 3.11. The highest BCUT2D eigenvalue weighted by Gasteiger charge is 2.39. The Hall–Kier alpha value is -1.65. The number of hydrogen-bond donors (Lipinski definition) is 0. The summed E-state index contributed by atoms with van der Waals surface area (Å²) in [5.41, 5.74) is 1.31. The van der Waals surface area contributed by atoms with E-state index in [9.17, 15) is 8.78 Å². The van der Waals surface area contributed by atoms with Crippen molar-refractivity contribution in [3.8, 4) is 11.5 Å². The number of hydrogen-bond acceptors (Lipinski definition) is 3. The Morgan fingerprint density at radius 3 is 2.33 bits per heavy atom. The maximum atomic E-state index is 12.1. The van der Waals surface area contributed by atoms with Gasteiger partial charge in [-0.1, -0.05) is 13.0 Å². The first-order valence-electron chi connectivity index (χ1n) is 5.47. The van der Waals surface area contributed by atoms with Gasteiger partial charge in [0.15, 0.2) is 11.5 Å². The van der Waals surface area contributed by atoms with E-state index in [0.29, 0.717) is 5.75 Å². The molecule has 18 heavy (non-hydrogen) atoms. The smallest absolute Gasteiger partial charge is 0.387 e. The quantitative estimate of drug-likeness (QED) is 0.832. The predicted molar refractivity (Wildman–Crippen MR) is 63.3 cm³/mol. The summed E-state index contributed by atoms with van der Waals surface area (Å²) in [6.07, 6.45) is 2.26. The van der Waals surface area contributed by atoms with Gasteiger partial charge in [-0.3, -0.25) is 0 Å². The molecule has 0 aromatic heterocycles. The van der Waals surface area contributed by atoms with Gasteiger partial charge in [0, 0.05) is 0 Å². The summed E-state index contributed by atoms with van der Waals surface area (Å²) in [7, 11) is 1.45. The molecule has 0 saturated heterocycles. The van der Waals surface area contributed by atoms with E-state index in [4.69, 9.17) is 9.53 Å². The van der Waals surface area contributed by atoms with Gasteiger partial charge in [-0.05, 0) is 36.0 Å². The summed E-state index contributed by atoms with van der Waals surface area (Å²) in [5.74, 6) is 0.455. The molecule has 1 fully saturated rings. The van der Waals surface area contributed by atoms with Gasteiger partial charge < -0.3 is 14.3 Å². The van der Waals surface area contributed by atoms with E-state index in [2.05, 4.69) is 11.7 Å². The minimum atomic E-state index is -2.82. The standard InChI is InChI=1S/C12H14F2O2.CH2O/c1-12(5-6-12)8-3-4-9(16-11(13)14)10(7-8)15-2;1-2/h3-4,7,11H,5-6H2,1-2H3;1H2. The number of rotatable bonds is 4. The van der Waals surface area contributed by atoms with Crippen molar-refractivity contribution in [2.45, 2.75) is 31.8 Å². The second-order valence-corrected chi connectivity index (χ2v) is 4.30. The van der Waals surface area contributed by atoms with E-state index in [0.717, 1.165) is 18.4 Å². The fraction of sp³-hybridized carbons (Fsp3) is 0.462. The Labute approximate surface area is 105 Å². The Bertz CT molecular complexity index is 403. The van der Waals surface area contributed by atoms with Crippen LogP contribution in [0.1, 0.15) is 25.3 Å². The molecular weight excluding hydrogens is 242 g/mol. The topological polar surface area (TPSA) is 35.5 Å². The average molecular weight is 258 g/mol. The zero-order chi connectivity index (χ0) is 13.8. The molecule has 1 aliphatic carbocycles. The fourth-order valence-corrected chi connectivity index (χ4v) is 1.71. The van der Waals surface area contributed by atoms with Crippen LogP contribution in [0.3, 0.4) is 0 Å². The molecule has 5 heteroatoms. The molecule has 0 radical (unpaired) electrons. The number of carbonyl (C=O) groups is 1. The third-order valence-corrected chi connectivity index (χ3v) is 3.08. The third kappa shape index (κ3) is 3.18. The third-order valence-electron chi connectivity index (χ3n) is 3.08. The number of ether oxygens (including phenoxy) is 2. The molecule has 0 heterocycles. The first-order valence-corrected chi connectivity index (χ1v) is 5.47. The lowest BCUT2D eigenvalue weighted by atomic mass is 9.98. The Morgan fingerprint density at radius 2 is 1.89 bits per heavy atom.